The van der Waals surface area contributed by atoms with E-state index in [0.29, 0.717) is 5.92 Å². The van der Waals surface area contributed by atoms with Crippen molar-refractivity contribution in [3.8, 4) is 0 Å². The molecule has 1 unspecified atom stereocenters. The molecule has 1 aromatic heterocycles. The summed E-state index contributed by atoms with van der Waals surface area (Å²) in [7, 11) is 0. The van der Waals surface area contributed by atoms with E-state index >= 15 is 0 Å². The molecule has 2 aromatic rings. The summed E-state index contributed by atoms with van der Waals surface area (Å²) >= 11 is 0. The molecule has 1 saturated heterocycles. The molecule has 0 N–H and O–H groups in total. The summed E-state index contributed by atoms with van der Waals surface area (Å²) in [6.07, 6.45) is 3.65. The van der Waals surface area contributed by atoms with Gasteiger partial charge in [0.1, 0.15) is 6.73 Å². The lowest BCUT2D eigenvalue weighted by Gasteiger charge is -2.16. The number of amides is 1. The quantitative estimate of drug-likeness (QED) is 0.866. The fraction of sp³-hybridized carbons (Fsp3) is 0.474. The second kappa shape index (κ2) is 5.45. The summed E-state index contributed by atoms with van der Waals surface area (Å²) in [5.74, 6) is 0.603. The van der Waals surface area contributed by atoms with Gasteiger partial charge in [0.05, 0.1) is 5.69 Å². The molecular weight excluding hydrogens is 302 g/mol. The molecule has 5 nitrogen and oxygen atoms in total. The summed E-state index contributed by atoms with van der Waals surface area (Å²) < 4.78 is 7.37. The van der Waals surface area contributed by atoms with Gasteiger partial charge >= 0.3 is 0 Å². The van der Waals surface area contributed by atoms with Crippen molar-refractivity contribution in [1.29, 1.82) is 0 Å². The van der Waals surface area contributed by atoms with Crippen molar-refractivity contribution >= 4 is 11.6 Å². The second-order valence-corrected chi connectivity index (χ2v) is 7.71. The van der Waals surface area contributed by atoms with Crippen molar-refractivity contribution < 1.29 is 9.53 Å². The molecule has 4 rings (SSSR count). The molecule has 1 aliphatic heterocycles. The highest BCUT2D eigenvalue weighted by Crippen LogP contribution is 2.41. The molecule has 0 radical (unpaired) electrons. The van der Waals surface area contributed by atoms with Crippen molar-refractivity contribution in [3.05, 3.63) is 47.8 Å². The monoisotopic (exact) mass is 325 g/mol. The molecule has 5 heteroatoms. The lowest BCUT2D eigenvalue weighted by molar-refractivity contribution is -0.126. The van der Waals surface area contributed by atoms with Crippen LogP contribution in [0.1, 0.15) is 57.0 Å². The van der Waals surface area contributed by atoms with E-state index in [9.17, 15) is 4.79 Å². The highest BCUT2D eigenvalue weighted by atomic mass is 16.5. The molecule has 1 aromatic carbocycles. The number of anilines is 1. The highest BCUT2D eigenvalue weighted by Gasteiger charge is 2.36. The van der Waals surface area contributed by atoms with Gasteiger partial charge in [0.25, 0.3) is 5.91 Å². The van der Waals surface area contributed by atoms with Gasteiger partial charge in [-0.1, -0.05) is 32.9 Å². The van der Waals surface area contributed by atoms with E-state index in [4.69, 9.17) is 4.74 Å². The zero-order valence-electron chi connectivity index (χ0n) is 14.4. The summed E-state index contributed by atoms with van der Waals surface area (Å²) in [5, 5.41) is 4.54. The van der Waals surface area contributed by atoms with Crippen molar-refractivity contribution in [3.63, 3.8) is 0 Å². The van der Waals surface area contributed by atoms with E-state index < -0.39 is 6.23 Å². The number of ether oxygens (including phenoxy) is 1. The SMILES string of the molecule is CC(C)(C)c1ccn(C2OCN(c3cccc(C4CC4)c3)C2=O)n1. The van der Waals surface area contributed by atoms with Crippen LogP contribution in [-0.2, 0) is 14.9 Å². The standard InChI is InChI=1S/C19H23N3O2/c1-19(2,3)16-9-10-22(20-16)18-17(23)21(12-24-18)15-6-4-5-14(11-15)13-7-8-13/h4-6,9-11,13,18H,7-8,12H2,1-3H3. The number of hydrogen-bond donors (Lipinski definition) is 0. The van der Waals surface area contributed by atoms with Crippen LogP contribution in [0.2, 0.25) is 0 Å². The fourth-order valence-electron chi connectivity index (χ4n) is 3.04. The van der Waals surface area contributed by atoms with Gasteiger partial charge in [0, 0.05) is 17.3 Å². The normalized spacial score (nSPS) is 21.5. The van der Waals surface area contributed by atoms with Crippen LogP contribution < -0.4 is 4.90 Å². The van der Waals surface area contributed by atoms with Crippen LogP contribution in [0.4, 0.5) is 5.69 Å². The Morgan fingerprint density at radius 2 is 2.00 bits per heavy atom. The molecule has 1 aliphatic carbocycles. The maximum Gasteiger partial charge on any atom is 0.281 e. The molecule has 1 saturated carbocycles. The molecule has 1 amide bonds. The fourth-order valence-corrected chi connectivity index (χ4v) is 3.04. The van der Waals surface area contributed by atoms with Crippen LogP contribution in [-0.4, -0.2) is 22.4 Å². The number of aromatic nitrogens is 2. The Labute approximate surface area is 142 Å². The molecule has 2 aliphatic rings. The Hall–Kier alpha value is -2.14. The van der Waals surface area contributed by atoms with Crippen molar-refractivity contribution in [2.24, 2.45) is 0 Å². The second-order valence-electron chi connectivity index (χ2n) is 7.71. The summed E-state index contributed by atoms with van der Waals surface area (Å²) in [6, 6.07) is 10.2. The molecule has 0 bridgehead atoms. The summed E-state index contributed by atoms with van der Waals surface area (Å²) in [4.78, 5) is 14.5. The van der Waals surface area contributed by atoms with Crippen LogP contribution in [0.15, 0.2) is 36.5 Å². The Morgan fingerprint density at radius 3 is 2.67 bits per heavy atom. The predicted octanol–water partition coefficient (Wildman–Crippen LogP) is 3.58. The predicted molar refractivity (Wildman–Crippen MR) is 91.8 cm³/mol. The topological polar surface area (TPSA) is 47.4 Å². The van der Waals surface area contributed by atoms with Crippen molar-refractivity contribution in [2.75, 3.05) is 11.6 Å². The maximum atomic E-state index is 12.8. The Bertz CT molecular complexity index is 771. The minimum absolute atomic E-state index is 0.0504. The number of carbonyl (C=O) groups is 1. The number of benzene rings is 1. The van der Waals surface area contributed by atoms with Gasteiger partial charge in [0.2, 0.25) is 6.23 Å². The zero-order chi connectivity index (χ0) is 16.9. The summed E-state index contributed by atoms with van der Waals surface area (Å²) in [6.45, 7) is 6.58. The Morgan fingerprint density at radius 1 is 1.21 bits per heavy atom. The highest BCUT2D eigenvalue weighted by molar-refractivity contribution is 5.96. The molecule has 0 spiro atoms. The van der Waals surface area contributed by atoms with Crippen LogP contribution in [0.25, 0.3) is 0 Å². The molecular formula is C19H23N3O2. The van der Waals surface area contributed by atoms with Crippen molar-refractivity contribution in [2.45, 2.75) is 51.2 Å². The third-order valence-corrected chi connectivity index (χ3v) is 4.69. The molecule has 1 atom stereocenters. The third kappa shape index (κ3) is 2.73. The first kappa shape index (κ1) is 15.4. The Kier molecular flexibility index (Phi) is 3.49. The van der Waals surface area contributed by atoms with E-state index in [2.05, 4.69) is 38.0 Å². The smallest absolute Gasteiger partial charge is 0.281 e. The first-order valence-electron chi connectivity index (χ1n) is 8.52. The molecule has 2 heterocycles. The maximum absolute atomic E-state index is 12.8. The van der Waals surface area contributed by atoms with E-state index in [1.807, 2.05) is 24.4 Å². The lowest BCUT2D eigenvalue weighted by atomic mass is 9.93. The van der Waals surface area contributed by atoms with Gasteiger partial charge in [-0.05, 0) is 42.5 Å². The summed E-state index contributed by atoms with van der Waals surface area (Å²) in [5.41, 5.74) is 3.13. The largest absolute Gasteiger partial charge is 0.327 e. The van der Waals surface area contributed by atoms with Crippen LogP contribution >= 0.6 is 0 Å². The van der Waals surface area contributed by atoms with E-state index in [1.54, 1.807) is 9.58 Å². The van der Waals surface area contributed by atoms with Crippen LogP contribution in [0, 0.1) is 0 Å². The van der Waals surface area contributed by atoms with E-state index in [-0.39, 0.29) is 18.1 Å². The minimum Gasteiger partial charge on any atom is -0.327 e. The number of nitrogens with zero attached hydrogens (tertiary/aromatic N) is 3. The number of hydrogen-bond acceptors (Lipinski definition) is 3. The van der Waals surface area contributed by atoms with Gasteiger partial charge in [-0.2, -0.15) is 5.10 Å². The van der Waals surface area contributed by atoms with Gasteiger partial charge in [-0.25, -0.2) is 4.68 Å². The van der Waals surface area contributed by atoms with Crippen LogP contribution in [0.5, 0.6) is 0 Å². The molecule has 24 heavy (non-hydrogen) atoms. The zero-order valence-corrected chi connectivity index (χ0v) is 14.4. The van der Waals surface area contributed by atoms with E-state index in [1.165, 1.54) is 18.4 Å². The molecule has 126 valence electrons. The molecule has 2 fully saturated rings. The average molecular weight is 325 g/mol. The third-order valence-electron chi connectivity index (χ3n) is 4.69. The van der Waals surface area contributed by atoms with Crippen LogP contribution in [0.3, 0.4) is 0 Å². The number of carbonyl (C=O) groups excluding carboxylic acids is 1. The Balaban J connectivity index is 1.56. The lowest BCUT2D eigenvalue weighted by Crippen LogP contribution is -2.28. The van der Waals surface area contributed by atoms with Gasteiger partial charge in [-0.15, -0.1) is 0 Å². The van der Waals surface area contributed by atoms with Gasteiger partial charge < -0.3 is 4.74 Å². The number of rotatable bonds is 3. The average Bonchev–Trinajstić information content (AvgIpc) is 3.14. The van der Waals surface area contributed by atoms with E-state index in [0.717, 1.165) is 11.4 Å². The van der Waals surface area contributed by atoms with Gasteiger partial charge in [-0.3, -0.25) is 9.69 Å². The first-order chi connectivity index (χ1) is 11.4. The van der Waals surface area contributed by atoms with Crippen molar-refractivity contribution in [1.82, 2.24) is 9.78 Å². The van der Waals surface area contributed by atoms with Gasteiger partial charge in [0.15, 0.2) is 0 Å². The first-order valence-corrected chi connectivity index (χ1v) is 8.52. The minimum atomic E-state index is -0.675.